The maximum absolute atomic E-state index is 14.5. The van der Waals surface area contributed by atoms with Gasteiger partial charge in [0.2, 0.25) is 11.8 Å². The van der Waals surface area contributed by atoms with Gasteiger partial charge in [-0.1, -0.05) is 90.4 Å². The van der Waals surface area contributed by atoms with E-state index in [1.165, 1.54) is 10.2 Å². The summed E-state index contributed by atoms with van der Waals surface area (Å²) in [4.78, 5) is 61.1. The van der Waals surface area contributed by atoms with Gasteiger partial charge in [-0.15, -0.1) is 0 Å². The van der Waals surface area contributed by atoms with E-state index < -0.39 is 12.1 Å². The zero-order valence-corrected chi connectivity index (χ0v) is 40.0. The SMILES string of the molecule is COC(=O)N(I)[C@H](Cc1cn(C)c2ccccc12)C(=O)N1CCC[C@H]1c1ncc(-c2ccc(-c3ccc4cc(-c5cnc([C@@H]6CCCN6C(=O)[C@@H]([I-])C(C)C)[nH]5)ccc4c3)cc2)[nH]1. The second-order valence-corrected chi connectivity index (χ2v) is 19.4. The van der Waals surface area contributed by atoms with Crippen LogP contribution in [0.3, 0.4) is 0 Å². The van der Waals surface area contributed by atoms with Crippen molar-refractivity contribution in [2.75, 3.05) is 20.2 Å². The van der Waals surface area contributed by atoms with Crippen LogP contribution in [-0.2, 0) is 27.8 Å². The van der Waals surface area contributed by atoms with Gasteiger partial charge in [-0.25, -0.2) is 17.9 Å². The molecule has 2 aliphatic rings. The molecule has 12 nitrogen and oxygen atoms in total. The molecule has 5 heterocycles. The first-order valence-electron chi connectivity index (χ1n) is 21.5. The van der Waals surface area contributed by atoms with E-state index in [0.717, 1.165) is 105 Å². The fourth-order valence-electron chi connectivity index (χ4n) is 9.28. The minimum Gasteiger partial charge on any atom is -0.783 e. The van der Waals surface area contributed by atoms with E-state index in [2.05, 4.69) is 124 Å². The monoisotopic (exact) mass is 1070 g/mol. The normalized spacial score (nSPS) is 17.5. The highest BCUT2D eigenvalue weighted by Crippen LogP contribution is 2.36. The number of methoxy groups -OCH3 is 1. The number of halogens is 2. The highest BCUT2D eigenvalue weighted by molar-refractivity contribution is 14.1. The molecule has 0 unspecified atom stereocenters. The Hall–Kier alpha value is -5.23. The Morgan fingerprint density at radius 3 is 1.98 bits per heavy atom. The molecule has 2 N–H and O–H groups in total. The molecule has 63 heavy (non-hydrogen) atoms. The van der Waals surface area contributed by atoms with Crippen LogP contribution >= 0.6 is 22.9 Å². The summed E-state index contributed by atoms with van der Waals surface area (Å²) in [6, 6.07) is 28.5. The number of aromatic nitrogens is 5. The number of carbonyl (C=O) groups is 3. The first-order valence-corrected chi connectivity index (χ1v) is 23.8. The smallest absolute Gasteiger partial charge is 0.419 e. The van der Waals surface area contributed by atoms with E-state index in [0.29, 0.717) is 13.0 Å². The Balaban J connectivity index is 0.887. The Morgan fingerprint density at radius 2 is 1.35 bits per heavy atom. The second-order valence-electron chi connectivity index (χ2n) is 17.0. The molecular weight excluding hydrogens is 1020 g/mol. The maximum Gasteiger partial charge on any atom is 0.419 e. The molecule has 0 bridgehead atoms. The Bertz CT molecular complexity index is 2810. The van der Waals surface area contributed by atoms with Gasteiger partial charge >= 0.3 is 6.09 Å². The quantitative estimate of drug-likeness (QED) is 0.0842. The molecule has 0 spiro atoms. The third-order valence-corrected chi connectivity index (χ3v) is 15.7. The fraction of sp³-hybridized carbons (Fsp3) is 0.327. The highest BCUT2D eigenvalue weighted by atomic mass is 127. The summed E-state index contributed by atoms with van der Waals surface area (Å²) in [5.41, 5.74) is 8.15. The summed E-state index contributed by atoms with van der Waals surface area (Å²) in [5.74, 6) is 1.93. The lowest BCUT2D eigenvalue weighted by Crippen LogP contribution is -3.40. The van der Waals surface area contributed by atoms with Crippen molar-refractivity contribution >= 4 is 62.4 Å². The Kier molecular flexibility index (Phi) is 12.4. The predicted octanol–water partition coefficient (Wildman–Crippen LogP) is 6.71. The minimum atomic E-state index is -0.765. The van der Waals surface area contributed by atoms with Crippen molar-refractivity contribution in [3.8, 4) is 33.6 Å². The molecule has 4 aromatic carbocycles. The van der Waals surface area contributed by atoms with E-state index in [1.54, 1.807) is 0 Å². The average Bonchev–Trinajstić information content (AvgIpc) is 4.17. The van der Waals surface area contributed by atoms with Gasteiger partial charge < -0.3 is 51.7 Å². The Labute approximate surface area is 394 Å². The topological polar surface area (TPSA) is 132 Å². The zero-order valence-electron chi connectivity index (χ0n) is 35.7. The van der Waals surface area contributed by atoms with Crippen LogP contribution in [0.25, 0.3) is 55.3 Å². The minimum absolute atomic E-state index is 0.0200. The van der Waals surface area contributed by atoms with Crippen LogP contribution in [-0.4, -0.2) is 85.5 Å². The number of imidazole rings is 2. The summed E-state index contributed by atoms with van der Waals surface area (Å²) in [6.45, 7) is 5.54. The molecule has 0 aliphatic carbocycles. The van der Waals surface area contributed by atoms with Gasteiger partial charge in [-0.05, 0) is 76.9 Å². The number of rotatable bonds is 11. The van der Waals surface area contributed by atoms with Gasteiger partial charge in [0.1, 0.15) is 17.7 Å². The van der Waals surface area contributed by atoms with Crippen molar-refractivity contribution < 1.29 is 41.7 Å². The zero-order chi connectivity index (χ0) is 43.9. The number of ether oxygens (including phenoxy) is 1. The number of H-pyrrole nitrogens is 2. The van der Waals surface area contributed by atoms with E-state index in [-0.39, 0.29) is 33.7 Å². The predicted molar refractivity (Wildman–Crippen MR) is 249 cm³/mol. The molecule has 0 saturated carbocycles. The van der Waals surface area contributed by atoms with Crippen LogP contribution in [0.5, 0.6) is 0 Å². The van der Waals surface area contributed by atoms with Crippen LogP contribution in [0.15, 0.2) is 104 Å². The van der Waals surface area contributed by atoms with Gasteiger partial charge in [0.25, 0.3) is 0 Å². The molecule has 7 aromatic rings. The van der Waals surface area contributed by atoms with Gasteiger partial charge in [0.15, 0.2) is 0 Å². The molecule has 9 rings (SSSR count). The number of hydrogen-bond donors (Lipinski definition) is 2. The number of nitrogens with zero attached hydrogens (tertiary/aromatic N) is 6. The molecule has 325 valence electrons. The first kappa shape index (κ1) is 43.0. The fourth-order valence-corrected chi connectivity index (χ4v) is 10.3. The van der Waals surface area contributed by atoms with Gasteiger partial charge in [0, 0.05) is 49.2 Å². The van der Waals surface area contributed by atoms with E-state index in [9.17, 15) is 14.4 Å². The largest absolute Gasteiger partial charge is 0.783 e. The van der Waals surface area contributed by atoms with Crippen LogP contribution < -0.4 is 22.6 Å². The number of hydrogen-bond acceptors (Lipinski definition) is 6. The van der Waals surface area contributed by atoms with Crippen molar-refractivity contribution in [2.45, 2.75) is 68.0 Å². The van der Waals surface area contributed by atoms with Crippen LogP contribution in [0.1, 0.15) is 68.8 Å². The standard InChI is InChI=1S/C49H50I2N8O4/c1-29(2)44(50)48(61)58-22-8-12-42(58)46-53-27-39(55-46)35-20-19-33-23-32(17-18-34(33)24-35)30-13-15-31(16-14-30)38-26-52-45(54-38)41-11-7-21-57(41)47(60)43(59(51)49(62)63-4)25-36-28-56(3)40-10-6-5-9-37(36)40/h5-6,9-10,13-20,23-24,26-29,41-44H,7-8,11-12,21-22,25H2,1-4H3,(H,52,54)(H,53,55)/q-1/t41-,42-,43+,44-/m0/s1. The van der Waals surface area contributed by atoms with Gasteiger partial charge in [-0.3, -0.25) is 9.59 Å². The molecule has 2 fully saturated rings. The summed E-state index contributed by atoms with van der Waals surface area (Å²) in [5, 5.41) is 3.33. The van der Waals surface area contributed by atoms with E-state index in [1.807, 2.05) is 70.4 Å². The second kappa shape index (κ2) is 18.1. The van der Waals surface area contributed by atoms with Crippen LogP contribution in [0.4, 0.5) is 4.79 Å². The van der Waals surface area contributed by atoms with Crippen molar-refractivity contribution in [1.82, 2.24) is 37.4 Å². The van der Waals surface area contributed by atoms with Crippen LogP contribution in [0.2, 0.25) is 0 Å². The molecular formula is C49H50I2N8O4-. The number of fused-ring (bicyclic) bond motifs is 2. The lowest BCUT2D eigenvalue weighted by molar-refractivity contribution is -0.416. The molecule has 2 aliphatic heterocycles. The number of benzene rings is 4. The lowest BCUT2D eigenvalue weighted by atomic mass is 9.98. The van der Waals surface area contributed by atoms with Crippen molar-refractivity contribution in [3.05, 3.63) is 121 Å². The number of likely N-dealkylation sites (tertiary alicyclic amines) is 2. The number of alkyl halides is 1. The van der Waals surface area contributed by atoms with Crippen molar-refractivity contribution in [2.24, 2.45) is 13.0 Å². The summed E-state index contributed by atoms with van der Waals surface area (Å²) >= 11 is 4.20. The molecule has 14 heteroatoms. The number of aromatic amines is 2. The third-order valence-electron chi connectivity index (χ3n) is 12.7. The molecule has 2 saturated heterocycles. The third kappa shape index (κ3) is 8.47. The van der Waals surface area contributed by atoms with Crippen LogP contribution in [0, 0.1) is 5.92 Å². The molecule has 4 atom stereocenters. The van der Waals surface area contributed by atoms with Crippen molar-refractivity contribution in [3.63, 3.8) is 0 Å². The molecule has 1 radical (unpaired) electrons. The summed E-state index contributed by atoms with van der Waals surface area (Å²) < 4.78 is 8.48. The first-order chi connectivity index (χ1) is 30.5. The highest BCUT2D eigenvalue weighted by Gasteiger charge is 2.40. The maximum atomic E-state index is 14.5. The summed E-state index contributed by atoms with van der Waals surface area (Å²) in [7, 11) is 3.33. The number of carbonyl (C=O) groups excluding carboxylic acids is 3. The van der Waals surface area contributed by atoms with Crippen molar-refractivity contribution in [1.29, 1.82) is 0 Å². The van der Waals surface area contributed by atoms with E-state index in [4.69, 9.17) is 14.7 Å². The number of para-hydroxylation sites is 1. The van der Waals surface area contributed by atoms with Gasteiger partial charge in [-0.2, -0.15) is 0 Å². The summed E-state index contributed by atoms with van der Waals surface area (Å²) in [6.07, 6.45) is 9.05. The molecule has 3 amide bonds. The van der Waals surface area contributed by atoms with Gasteiger partial charge in [0.05, 0.1) is 65.8 Å². The number of aryl methyl sites for hydroxylation is 1. The average molecular weight is 1070 g/mol. The lowest BCUT2D eigenvalue weighted by Gasteiger charge is -2.33. The number of nitrogens with one attached hydrogen (secondary N) is 2. The number of amides is 3. The Morgan fingerprint density at radius 1 is 0.794 bits per heavy atom. The van der Waals surface area contributed by atoms with E-state index >= 15 is 0 Å². The molecule has 3 aromatic heterocycles.